The number of carbonyl (C=O) groups excluding carboxylic acids is 4. The Balaban J connectivity index is 1.13. The van der Waals surface area contributed by atoms with Crippen LogP contribution in [0.15, 0.2) is 35.6 Å². The Morgan fingerprint density at radius 2 is 1.91 bits per heavy atom. The van der Waals surface area contributed by atoms with Crippen molar-refractivity contribution in [3.8, 4) is 11.8 Å². The lowest BCUT2D eigenvalue weighted by Gasteiger charge is -2.31. The molecular formula is C41H57N7O8S. The number of carbonyl (C=O) groups is 4. The SMILES string of the molecule is C=C[C@@H]1C[C@]1(NC(=O)[C@@H]1CC(Oc2nc3cc(OC)ccc3c(=O)n2CCCCC[C@@H]2CCCC2=O)CN1C(=O)[C@@H](NN)C1CCCC1)C(=O)N[S+]([O-])C1(C)CC1. The standard InChI is InChI=1S/C41H57N7O8S/c1-4-27-23-41(27,38(53)46-57(54)40(2)18-19-40)44-35(50)32-22-29(24-48(32)37(52)34(45-42)26-12-7-8-13-26)56-39-43-31-21-28(55-3)16-17-30(31)36(51)47(39)20-9-5-6-11-25-14-10-15-33(25)49/h4,16-17,21,25-27,29,32,34,45H,1,5-15,18-20,22-24,42H2,2-3H3,(H,44,50)(H,46,53)/t25-,27-,29?,32+,34+,41-,57?/m1/s1. The molecule has 5 N–H and O–H groups in total. The number of ketones is 1. The molecule has 310 valence electrons. The molecular weight excluding hydrogens is 751 g/mol. The van der Waals surface area contributed by atoms with Crippen LogP contribution in [0, 0.1) is 17.8 Å². The van der Waals surface area contributed by atoms with Crippen LogP contribution in [0.2, 0.25) is 0 Å². The number of benzene rings is 1. The Hall–Kier alpha value is -3.99. The largest absolute Gasteiger partial charge is 0.593 e. The molecule has 3 amide bonds. The molecule has 1 aliphatic heterocycles. The van der Waals surface area contributed by atoms with E-state index in [9.17, 15) is 28.5 Å². The zero-order valence-electron chi connectivity index (χ0n) is 33.1. The summed E-state index contributed by atoms with van der Waals surface area (Å²) in [6.45, 7) is 6.04. The summed E-state index contributed by atoms with van der Waals surface area (Å²) in [7, 11) is 1.53. The quantitative estimate of drug-likeness (QED) is 0.0566. The second-order valence-electron chi connectivity index (χ2n) is 17.0. The highest BCUT2D eigenvalue weighted by atomic mass is 32.2. The Kier molecular flexibility index (Phi) is 12.3. The molecule has 57 heavy (non-hydrogen) atoms. The van der Waals surface area contributed by atoms with Crippen molar-refractivity contribution >= 4 is 45.8 Å². The smallest absolute Gasteiger partial charge is 0.300 e. The van der Waals surface area contributed by atoms with Crippen molar-refractivity contribution in [2.75, 3.05) is 13.7 Å². The molecule has 7 rings (SSSR count). The van der Waals surface area contributed by atoms with E-state index in [1.807, 2.05) is 6.92 Å². The summed E-state index contributed by atoms with van der Waals surface area (Å²) >= 11 is -1.62. The molecule has 0 radical (unpaired) electrons. The van der Waals surface area contributed by atoms with E-state index in [0.717, 1.165) is 70.6 Å². The molecule has 0 bridgehead atoms. The maximum atomic E-state index is 14.4. The highest BCUT2D eigenvalue weighted by Gasteiger charge is 2.63. The lowest BCUT2D eigenvalue weighted by atomic mass is 9.97. The number of fused-ring (bicyclic) bond motifs is 1. The lowest BCUT2D eigenvalue weighted by Crippen LogP contribution is -2.59. The predicted octanol–water partition coefficient (Wildman–Crippen LogP) is 3.10. The van der Waals surface area contributed by atoms with Gasteiger partial charge in [-0.2, -0.15) is 9.71 Å². The van der Waals surface area contributed by atoms with Crippen LogP contribution in [-0.2, 0) is 37.1 Å². The molecule has 2 heterocycles. The summed E-state index contributed by atoms with van der Waals surface area (Å²) in [5.41, 5.74) is 1.46. The van der Waals surface area contributed by atoms with Crippen molar-refractivity contribution in [1.29, 1.82) is 0 Å². The number of methoxy groups -OCH3 is 1. The van der Waals surface area contributed by atoms with Crippen LogP contribution in [0.1, 0.15) is 103 Å². The minimum Gasteiger partial charge on any atom is -0.593 e. The van der Waals surface area contributed by atoms with E-state index in [0.29, 0.717) is 41.8 Å². The maximum Gasteiger partial charge on any atom is 0.300 e. The van der Waals surface area contributed by atoms with Gasteiger partial charge in [-0.3, -0.25) is 34.4 Å². The fraction of sp³-hybridized carbons (Fsp3) is 0.659. The first kappa shape index (κ1) is 41.2. The number of nitrogens with two attached hydrogens (primary N) is 1. The molecule has 15 nitrogen and oxygen atoms in total. The predicted molar refractivity (Wildman–Crippen MR) is 214 cm³/mol. The number of hydrazine groups is 1. The van der Waals surface area contributed by atoms with Gasteiger partial charge in [-0.05, 0) is 69.9 Å². The van der Waals surface area contributed by atoms with Gasteiger partial charge in [-0.25, -0.2) is 5.43 Å². The van der Waals surface area contributed by atoms with Crippen LogP contribution >= 0.6 is 0 Å². The molecule has 1 aromatic carbocycles. The van der Waals surface area contributed by atoms with E-state index >= 15 is 0 Å². The fourth-order valence-electron chi connectivity index (χ4n) is 9.02. The Morgan fingerprint density at radius 3 is 2.56 bits per heavy atom. The second-order valence-corrected chi connectivity index (χ2v) is 18.7. The fourth-order valence-corrected chi connectivity index (χ4v) is 10.1. The number of amides is 3. The number of rotatable bonds is 18. The zero-order valence-corrected chi connectivity index (χ0v) is 33.9. The third kappa shape index (κ3) is 8.60. The van der Waals surface area contributed by atoms with Gasteiger partial charge in [0.25, 0.3) is 17.5 Å². The van der Waals surface area contributed by atoms with Crippen molar-refractivity contribution < 1.29 is 33.2 Å². The molecule has 1 saturated heterocycles. The summed E-state index contributed by atoms with van der Waals surface area (Å²) in [5.74, 6) is 5.17. The monoisotopic (exact) mass is 807 g/mol. The van der Waals surface area contributed by atoms with Crippen LogP contribution in [0.5, 0.6) is 11.8 Å². The number of ether oxygens (including phenoxy) is 2. The molecule has 1 aromatic heterocycles. The third-order valence-electron chi connectivity index (χ3n) is 13.1. The number of hydrogen-bond donors (Lipinski definition) is 4. The average molecular weight is 808 g/mol. The number of nitrogens with zero attached hydrogens (tertiary/aromatic N) is 3. The van der Waals surface area contributed by atoms with Gasteiger partial charge < -0.3 is 24.2 Å². The maximum absolute atomic E-state index is 14.4. The molecule has 16 heteroatoms. The van der Waals surface area contributed by atoms with Gasteiger partial charge in [0.2, 0.25) is 11.8 Å². The third-order valence-corrected chi connectivity index (χ3v) is 14.7. The number of likely N-dealkylation sites (tertiary alicyclic amines) is 1. The summed E-state index contributed by atoms with van der Waals surface area (Å²) < 4.78 is 28.6. The molecule has 0 spiro atoms. The van der Waals surface area contributed by atoms with Crippen molar-refractivity contribution in [2.45, 2.75) is 138 Å². The van der Waals surface area contributed by atoms with E-state index < -0.39 is 51.6 Å². The summed E-state index contributed by atoms with van der Waals surface area (Å²) in [6, 6.07) is 3.34. The van der Waals surface area contributed by atoms with Crippen molar-refractivity contribution in [1.82, 2.24) is 29.9 Å². The second kappa shape index (κ2) is 17.1. The molecule has 5 fully saturated rings. The Labute approximate surface area is 336 Å². The molecule has 7 atom stereocenters. The van der Waals surface area contributed by atoms with Crippen LogP contribution in [-0.4, -0.2) is 84.6 Å². The van der Waals surface area contributed by atoms with Crippen molar-refractivity contribution in [3.05, 3.63) is 41.2 Å². The highest BCUT2D eigenvalue weighted by Crippen LogP contribution is 2.47. The first-order chi connectivity index (χ1) is 27.4. The minimum absolute atomic E-state index is 0.00949. The van der Waals surface area contributed by atoms with Crippen LogP contribution in [0.25, 0.3) is 10.9 Å². The van der Waals surface area contributed by atoms with Gasteiger partial charge in [0.05, 0.1) is 35.9 Å². The Bertz CT molecular complexity index is 1930. The molecule has 2 aromatic rings. The first-order valence-corrected chi connectivity index (χ1v) is 21.8. The molecule has 2 unspecified atom stereocenters. The van der Waals surface area contributed by atoms with Gasteiger partial charge >= 0.3 is 0 Å². The van der Waals surface area contributed by atoms with Gasteiger partial charge in [-0.15, -0.1) is 6.58 Å². The van der Waals surface area contributed by atoms with Gasteiger partial charge in [0.15, 0.2) is 0 Å². The molecule has 4 aliphatic carbocycles. The van der Waals surface area contributed by atoms with E-state index in [-0.39, 0.29) is 54.6 Å². The van der Waals surface area contributed by atoms with Gasteiger partial charge in [0.1, 0.15) is 40.0 Å². The number of hydrogen-bond acceptors (Lipinski definition) is 11. The normalized spacial score (nSPS) is 27.6. The van der Waals surface area contributed by atoms with E-state index in [1.54, 1.807) is 24.3 Å². The van der Waals surface area contributed by atoms with Gasteiger partial charge in [0, 0.05) is 50.1 Å². The van der Waals surface area contributed by atoms with E-state index in [2.05, 4.69) is 22.0 Å². The minimum atomic E-state index is -1.62. The zero-order chi connectivity index (χ0) is 40.5. The number of aromatic nitrogens is 2. The summed E-state index contributed by atoms with van der Waals surface area (Å²) in [6.07, 6.45) is 12.0. The highest BCUT2D eigenvalue weighted by molar-refractivity contribution is 7.91. The Morgan fingerprint density at radius 1 is 1.14 bits per heavy atom. The summed E-state index contributed by atoms with van der Waals surface area (Å²) in [5, 5.41) is 3.34. The molecule has 5 aliphatic rings. The van der Waals surface area contributed by atoms with Crippen molar-refractivity contribution in [2.24, 2.45) is 23.6 Å². The van der Waals surface area contributed by atoms with Crippen LogP contribution in [0.3, 0.4) is 0 Å². The van der Waals surface area contributed by atoms with Gasteiger partial charge in [-0.1, -0.05) is 31.8 Å². The van der Waals surface area contributed by atoms with Crippen LogP contribution < -0.4 is 36.3 Å². The summed E-state index contributed by atoms with van der Waals surface area (Å²) in [4.78, 5) is 74.9. The average Bonchev–Trinajstić information content (AvgIpc) is 3.83. The van der Waals surface area contributed by atoms with Crippen LogP contribution in [0.4, 0.5) is 0 Å². The molecule has 4 saturated carbocycles. The van der Waals surface area contributed by atoms with E-state index in [4.69, 9.17) is 20.3 Å². The lowest BCUT2D eigenvalue weighted by molar-refractivity contribution is -0.142. The van der Waals surface area contributed by atoms with E-state index in [1.165, 1.54) is 16.6 Å². The first-order valence-electron chi connectivity index (χ1n) is 20.6. The number of unbranched alkanes of at least 4 members (excludes halogenated alkanes) is 2. The number of nitrogens with one attached hydrogen (secondary N) is 3. The topological polar surface area (TPSA) is 210 Å². The van der Waals surface area contributed by atoms with Crippen molar-refractivity contribution in [3.63, 3.8) is 0 Å². The number of Topliss-reactive ketones (excluding diaryl/α,β-unsaturated/α-hetero) is 1.